The third-order valence-electron chi connectivity index (χ3n) is 6.94. The minimum atomic E-state index is -0.377. The first-order valence-electron chi connectivity index (χ1n) is 10.1. The van der Waals surface area contributed by atoms with Gasteiger partial charge in [0.1, 0.15) is 12.2 Å². The van der Waals surface area contributed by atoms with Crippen LogP contribution in [0.4, 0.5) is 4.79 Å². The highest BCUT2D eigenvalue weighted by molar-refractivity contribution is 6.00. The third-order valence-corrected chi connectivity index (χ3v) is 6.94. The Hall–Kier alpha value is -2.08. The van der Waals surface area contributed by atoms with Crippen molar-refractivity contribution in [2.75, 3.05) is 27.2 Å². The number of fused-ring (bicyclic) bond motifs is 2. The second-order valence-corrected chi connectivity index (χ2v) is 8.22. The fourth-order valence-corrected chi connectivity index (χ4v) is 4.70. The molecule has 0 N–H and O–H groups in total. The highest BCUT2D eigenvalue weighted by Gasteiger charge is 2.51. The van der Waals surface area contributed by atoms with Crippen LogP contribution in [0.5, 0.6) is 0 Å². The molecule has 0 radical (unpaired) electrons. The van der Waals surface area contributed by atoms with Crippen LogP contribution >= 0.6 is 0 Å². The summed E-state index contributed by atoms with van der Waals surface area (Å²) in [5, 5.41) is 0. The summed E-state index contributed by atoms with van der Waals surface area (Å²) in [7, 11) is 3.47. The first-order valence-corrected chi connectivity index (χ1v) is 10.1. The van der Waals surface area contributed by atoms with E-state index >= 15 is 0 Å². The molecule has 0 saturated carbocycles. The number of ether oxygens (including phenoxy) is 2. The number of likely N-dealkylation sites (N-methyl/N-ethyl adjacent to an activating group) is 1. The number of nitrogens with zero attached hydrogens (tertiary/aromatic N) is 2. The van der Waals surface area contributed by atoms with Crippen LogP contribution in [0.15, 0.2) is 34.6 Å². The van der Waals surface area contributed by atoms with Crippen LogP contribution in [0, 0.1) is 11.3 Å². The van der Waals surface area contributed by atoms with Gasteiger partial charge in [0.2, 0.25) is 0 Å². The average molecular weight is 389 g/mol. The maximum Gasteiger partial charge on any atom is 0.410 e. The van der Waals surface area contributed by atoms with Crippen LogP contribution in [-0.4, -0.2) is 61.3 Å². The van der Waals surface area contributed by atoms with Gasteiger partial charge in [0.15, 0.2) is 0 Å². The Morgan fingerprint density at radius 2 is 2.00 bits per heavy atom. The number of hydrogen-bond acceptors (Lipinski definition) is 4. The normalized spacial score (nSPS) is 31.9. The van der Waals surface area contributed by atoms with Crippen molar-refractivity contribution in [3.63, 3.8) is 0 Å². The smallest absolute Gasteiger partial charge is 0.410 e. The van der Waals surface area contributed by atoms with E-state index in [0.29, 0.717) is 13.1 Å². The third kappa shape index (κ3) is 2.98. The lowest BCUT2D eigenvalue weighted by atomic mass is 9.59. The molecular formula is C22H32N2O4. The van der Waals surface area contributed by atoms with Gasteiger partial charge in [0.05, 0.1) is 0 Å². The maximum atomic E-state index is 12.6. The zero-order valence-electron chi connectivity index (χ0n) is 18.0. The van der Waals surface area contributed by atoms with E-state index in [1.807, 2.05) is 27.8 Å². The van der Waals surface area contributed by atoms with E-state index in [4.69, 9.17) is 9.47 Å². The van der Waals surface area contributed by atoms with E-state index in [-0.39, 0.29) is 35.5 Å². The van der Waals surface area contributed by atoms with E-state index in [9.17, 15) is 9.59 Å². The topological polar surface area (TPSA) is 59.1 Å². The standard InChI is InChI=1S/C22H32N2O4/c1-8-24(9-2)21(26)28-19-14(4)22(5)12-16-13(3)20(25)23(6)17(16)10-15(22)11-18(19)27-7/h10-11,14,18-19H,8-9,12H2,1-7H3/t14-,18+,19+,22+/m0/s1. The highest BCUT2D eigenvalue weighted by atomic mass is 16.6. The van der Waals surface area contributed by atoms with Crippen LogP contribution in [0.2, 0.25) is 0 Å². The van der Waals surface area contributed by atoms with Crippen molar-refractivity contribution in [1.82, 2.24) is 9.80 Å². The van der Waals surface area contributed by atoms with Gasteiger partial charge in [0, 0.05) is 49.9 Å². The lowest BCUT2D eigenvalue weighted by Crippen LogP contribution is -2.51. The number of rotatable bonds is 4. The van der Waals surface area contributed by atoms with Crippen LogP contribution in [-0.2, 0) is 14.3 Å². The summed E-state index contributed by atoms with van der Waals surface area (Å²) in [4.78, 5) is 28.5. The zero-order chi connectivity index (χ0) is 20.8. The molecule has 0 fully saturated rings. The van der Waals surface area contributed by atoms with Gasteiger partial charge in [-0.3, -0.25) is 4.79 Å². The summed E-state index contributed by atoms with van der Waals surface area (Å²) in [6.07, 6.45) is 3.93. The molecule has 0 spiro atoms. The van der Waals surface area contributed by atoms with Gasteiger partial charge in [-0.05, 0) is 50.5 Å². The SMILES string of the molecule is CCN(CC)C(=O)O[C@H]1[C@H](OC)C=C2C=C3C(=C(C)C(=O)N3C)C[C@]2(C)[C@H]1C. The fourth-order valence-electron chi connectivity index (χ4n) is 4.70. The van der Waals surface area contributed by atoms with Crippen molar-refractivity contribution >= 4 is 12.0 Å². The maximum absolute atomic E-state index is 12.6. The number of carbonyl (C=O) groups is 2. The lowest BCUT2D eigenvalue weighted by molar-refractivity contribution is -0.123. The largest absolute Gasteiger partial charge is 0.443 e. The molecule has 0 aromatic heterocycles. The summed E-state index contributed by atoms with van der Waals surface area (Å²) in [6.45, 7) is 11.3. The Morgan fingerprint density at radius 3 is 2.57 bits per heavy atom. The van der Waals surface area contributed by atoms with E-state index in [2.05, 4.69) is 26.0 Å². The predicted octanol–water partition coefficient (Wildman–Crippen LogP) is 3.51. The fraction of sp³-hybridized carbons (Fsp3) is 0.636. The molecular weight excluding hydrogens is 356 g/mol. The molecule has 3 aliphatic rings. The van der Waals surface area contributed by atoms with Gasteiger partial charge in [-0.2, -0.15) is 0 Å². The van der Waals surface area contributed by atoms with E-state index in [1.54, 1.807) is 16.9 Å². The molecule has 0 aromatic carbocycles. The summed E-state index contributed by atoms with van der Waals surface area (Å²) in [5.74, 6) is 0.0978. The van der Waals surface area contributed by atoms with Gasteiger partial charge >= 0.3 is 6.09 Å². The summed E-state index contributed by atoms with van der Waals surface area (Å²) >= 11 is 0. The first-order chi connectivity index (χ1) is 13.2. The molecule has 6 nitrogen and oxygen atoms in total. The van der Waals surface area contributed by atoms with Gasteiger partial charge in [0.25, 0.3) is 5.91 Å². The molecule has 28 heavy (non-hydrogen) atoms. The summed E-state index contributed by atoms with van der Waals surface area (Å²) < 4.78 is 11.7. The summed E-state index contributed by atoms with van der Waals surface area (Å²) in [5.41, 5.74) is 3.81. The highest BCUT2D eigenvalue weighted by Crippen LogP contribution is 2.54. The molecule has 1 heterocycles. The van der Waals surface area contributed by atoms with Crippen LogP contribution in [0.3, 0.4) is 0 Å². The molecule has 0 unspecified atom stereocenters. The molecule has 0 aromatic rings. The van der Waals surface area contributed by atoms with Crippen molar-refractivity contribution in [3.8, 4) is 0 Å². The number of methoxy groups -OCH3 is 1. The van der Waals surface area contributed by atoms with Gasteiger partial charge in [-0.25, -0.2) is 4.79 Å². The van der Waals surface area contributed by atoms with Gasteiger partial charge < -0.3 is 19.3 Å². The second kappa shape index (κ2) is 7.39. The number of allylic oxidation sites excluding steroid dienone is 3. The Balaban J connectivity index is 1.99. The minimum Gasteiger partial charge on any atom is -0.443 e. The van der Waals surface area contributed by atoms with Gasteiger partial charge in [-0.1, -0.05) is 13.8 Å². The number of carbonyl (C=O) groups excluding carboxylic acids is 2. The molecule has 0 saturated heterocycles. The van der Waals surface area contributed by atoms with Gasteiger partial charge in [-0.15, -0.1) is 0 Å². The van der Waals surface area contributed by atoms with Crippen LogP contribution in [0.25, 0.3) is 0 Å². The second-order valence-electron chi connectivity index (χ2n) is 8.22. The minimum absolute atomic E-state index is 0.0380. The van der Waals surface area contributed by atoms with Crippen molar-refractivity contribution in [2.24, 2.45) is 11.3 Å². The Bertz CT molecular complexity index is 777. The van der Waals surface area contributed by atoms with E-state index in [0.717, 1.165) is 28.8 Å². The van der Waals surface area contributed by atoms with Crippen molar-refractivity contribution in [2.45, 2.75) is 53.2 Å². The number of hydrogen-bond donors (Lipinski definition) is 0. The predicted molar refractivity (Wildman–Crippen MR) is 108 cm³/mol. The molecule has 1 aliphatic heterocycles. The van der Waals surface area contributed by atoms with Crippen LogP contribution < -0.4 is 0 Å². The quantitative estimate of drug-likeness (QED) is 0.740. The summed E-state index contributed by atoms with van der Waals surface area (Å²) in [6, 6.07) is 0. The monoisotopic (exact) mass is 388 g/mol. The van der Waals surface area contributed by atoms with E-state index < -0.39 is 0 Å². The zero-order valence-corrected chi connectivity index (χ0v) is 18.0. The Kier molecular flexibility index (Phi) is 5.45. The number of amides is 2. The molecule has 6 heteroatoms. The Labute approximate surface area is 167 Å². The molecule has 0 bridgehead atoms. The molecule has 2 amide bonds. The molecule has 3 rings (SSSR count). The van der Waals surface area contributed by atoms with Crippen LogP contribution in [0.1, 0.15) is 41.0 Å². The van der Waals surface area contributed by atoms with Crippen molar-refractivity contribution in [1.29, 1.82) is 0 Å². The van der Waals surface area contributed by atoms with Crippen molar-refractivity contribution in [3.05, 3.63) is 34.6 Å². The molecule has 4 atom stereocenters. The first kappa shape index (κ1) is 20.6. The molecule has 154 valence electrons. The lowest BCUT2D eigenvalue weighted by Gasteiger charge is -2.49. The Morgan fingerprint density at radius 1 is 1.36 bits per heavy atom. The average Bonchev–Trinajstić information content (AvgIpc) is 2.87. The van der Waals surface area contributed by atoms with E-state index in [1.165, 1.54) is 0 Å². The van der Waals surface area contributed by atoms with Crippen molar-refractivity contribution < 1.29 is 19.1 Å². The molecule has 2 aliphatic carbocycles.